The number of ketones is 1. The smallest absolute Gasteiger partial charge is 0.338 e. The monoisotopic (exact) mass is 413 g/mol. The first-order valence-electron chi connectivity index (χ1n) is 9.94. The van der Waals surface area contributed by atoms with Crippen LogP contribution in [-0.2, 0) is 22.6 Å². The van der Waals surface area contributed by atoms with E-state index in [-0.39, 0.29) is 24.3 Å². The second kappa shape index (κ2) is 6.97. The minimum absolute atomic E-state index is 0.137. The van der Waals surface area contributed by atoms with E-state index >= 15 is 0 Å². The summed E-state index contributed by atoms with van der Waals surface area (Å²) in [6.45, 7) is 6.29. The number of carbonyl (C=O) groups excluding carboxylic acids is 2. The molecule has 152 valence electrons. The van der Waals surface area contributed by atoms with Crippen LogP contribution >= 0.6 is 11.5 Å². The van der Waals surface area contributed by atoms with E-state index in [0.29, 0.717) is 30.4 Å². The van der Waals surface area contributed by atoms with Gasteiger partial charge in [0.1, 0.15) is 23.2 Å². The first-order chi connectivity index (χ1) is 13.9. The van der Waals surface area contributed by atoms with E-state index < -0.39 is 6.10 Å². The number of hydrogen-bond donors (Lipinski definition) is 1. The number of esters is 1. The molecule has 1 aliphatic carbocycles. The van der Waals surface area contributed by atoms with Crippen molar-refractivity contribution in [3.8, 4) is 0 Å². The molecule has 3 aliphatic rings. The molecular weight excluding hydrogens is 390 g/mol. The fraction of sp³-hybridized carbons (Fsp3) is 0.524. The average Bonchev–Trinajstić information content (AvgIpc) is 3.01. The minimum Gasteiger partial charge on any atom is -0.457 e. The molecule has 1 saturated heterocycles. The Morgan fingerprint density at radius 2 is 2.10 bits per heavy atom. The van der Waals surface area contributed by atoms with E-state index in [1.54, 1.807) is 6.07 Å². The lowest BCUT2D eigenvalue weighted by Crippen LogP contribution is -2.31. The highest BCUT2D eigenvalue weighted by Crippen LogP contribution is 2.52. The van der Waals surface area contributed by atoms with Crippen molar-refractivity contribution in [1.29, 1.82) is 0 Å². The number of fused-ring (bicyclic) bond motifs is 2. The van der Waals surface area contributed by atoms with Crippen molar-refractivity contribution in [2.75, 3.05) is 19.6 Å². The number of carbonyl (C=O) groups is 2. The van der Waals surface area contributed by atoms with Crippen molar-refractivity contribution in [2.45, 2.75) is 33.0 Å². The van der Waals surface area contributed by atoms with Crippen molar-refractivity contribution in [3.05, 3.63) is 45.2 Å². The van der Waals surface area contributed by atoms with Gasteiger partial charge in [-0.1, -0.05) is 6.07 Å². The minimum atomic E-state index is -0.618. The van der Waals surface area contributed by atoms with Crippen LogP contribution in [0, 0.1) is 31.6 Å². The summed E-state index contributed by atoms with van der Waals surface area (Å²) in [5, 5.41) is 11.6. The van der Waals surface area contributed by atoms with Gasteiger partial charge in [-0.3, -0.25) is 9.69 Å². The summed E-state index contributed by atoms with van der Waals surface area (Å²) < 4.78 is 9.24. The third kappa shape index (κ3) is 3.29. The number of nitrogens with zero attached hydrogens (tertiary/aromatic N) is 3. The molecule has 0 amide bonds. The van der Waals surface area contributed by atoms with Crippen LogP contribution in [0.2, 0.25) is 0 Å². The van der Waals surface area contributed by atoms with Gasteiger partial charge in [0, 0.05) is 31.1 Å². The van der Waals surface area contributed by atoms with Gasteiger partial charge in [-0.05, 0) is 54.4 Å². The molecule has 8 heteroatoms. The van der Waals surface area contributed by atoms with E-state index in [1.165, 1.54) is 11.5 Å². The van der Waals surface area contributed by atoms with Gasteiger partial charge in [-0.25, -0.2) is 9.78 Å². The van der Waals surface area contributed by atoms with Crippen LogP contribution in [-0.4, -0.2) is 50.8 Å². The van der Waals surface area contributed by atoms with Crippen molar-refractivity contribution in [2.24, 2.45) is 17.8 Å². The Balaban J connectivity index is 1.17. The zero-order chi connectivity index (χ0) is 20.3. The lowest BCUT2D eigenvalue weighted by atomic mass is 9.95. The summed E-state index contributed by atoms with van der Waals surface area (Å²) in [6, 6.07) is 3.58. The normalized spacial score (nSPS) is 26.2. The molecule has 7 nitrogen and oxygen atoms in total. The summed E-state index contributed by atoms with van der Waals surface area (Å²) >= 11 is 1.31. The van der Waals surface area contributed by atoms with Gasteiger partial charge in [0.05, 0.1) is 18.1 Å². The first-order valence-corrected chi connectivity index (χ1v) is 10.7. The Hall–Kier alpha value is -2.16. The van der Waals surface area contributed by atoms with E-state index in [9.17, 15) is 14.7 Å². The maximum absolute atomic E-state index is 12.6. The molecule has 2 aromatic rings. The van der Waals surface area contributed by atoms with Crippen LogP contribution in [0.25, 0.3) is 0 Å². The third-order valence-corrected chi connectivity index (χ3v) is 7.34. The van der Waals surface area contributed by atoms with Gasteiger partial charge in [-0.15, -0.1) is 0 Å². The lowest BCUT2D eigenvalue weighted by molar-refractivity contribution is -0.120. The second-order valence-electron chi connectivity index (χ2n) is 8.35. The highest BCUT2D eigenvalue weighted by Gasteiger charge is 2.58. The summed E-state index contributed by atoms with van der Waals surface area (Å²) in [5.74, 6) is 1.65. The Kier molecular flexibility index (Phi) is 4.53. The van der Waals surface area contributed by atoms with E-state index in [0.717, 1.165) is 40.6 Å². The molecule has 1 saturated carbocycles. The topological polar surface area (TPSA) is 92.6 Å². The zero-order valence-electron chi connectivity index (χ0n) is 16.4. The number of aliphatic hydroxyl groups excluding tert-OH is 1. The van der Waals surface area contributed by atoms with Crippen molar-refractivity contribution >= 4 is 23.3 Å². The molecule has 2 fully saturated rings. The fourth-order valence-electron chi connectivity index (χ4n) is 4.99. The number of aliphatic hydroxyl groups is 1. The Morgan fingerprint density at radius 3 is 2.79 bits per heavy atom. The lowest BCUT2D eigenvalue weighted by Gasteiger charge is -2.24. The summed E-state index contributed by atoms with van der Waals surface area (Å²) in [7, 11) is 0. The molecule has 0 radical (unpaired) electrons. The Bertz CT molecular complexity index is 992. The highest BCUT2D eigenvalue weighted by atomic mass is 32.1. The molecule has 1 aromatic carbocycles. The summed E-state index contributed by atoms with van der Waals surface area (Å²) in [5.41, 5.74) is 3.27. The molecule has 2 unspecified atom stereocenters. The predicted molar refractivity (Wildman–Crippen MR) is 106 cm³/mol. The van der Waals surface area contributed by atoms with Crippen LogP contribution in [0.15, 0.2) is 12.1 Å². The predicted octanol–water partition coefficient (Wildman–Crippen LogP) is 1.85. The van der Waals surface area contributed by atoms with Crippen molar-refractivity contribution in [1.82, 2.24) is 14.3 Å². The van der Waals surface area contributed by atoms with E-state index in [2.05, 4.69) is 14.3 Å². The van der Waals surface area contributed by atoms with E-state index in [1.807, 2.05) is 19.9 Å². The molecular formula is C21H23N3O4S. The van der Waals surface area contributed by atoms with Crippen molar-refractivity contribution in [3.63, 3.8) is 0 Å². The van der Waals surface area contributed by atoms with E-state index in [4.69, 9.17) is 4.74 Å². The van der Waals surface area contributed by atoms with Crippen molar-refractivity contribution < 1.29 is 19.4 Å². The maximum atomic E-state index is 12.6. The van der Waals surface area contributed by atoms with Gasteiger partial charge < -0.3 is 9.84 Å². The maximum Gasteiger partial charge on any atom is 0.338 e. The Labute approximate surface area is 172 Å². The third-order valence-electron chi connectivity index (χ3n) is 6.53. The number of rotatable bonds is 6. The van der Waals surface area contributed by atoms with Gasteiger partial charge in [0.2, 0.25) is 0 Å². The molecule has 0 spiro atoms. The number of Topliss-reactive ketones (excluding diaryl/α,β-unsaturated/α-hetero) is 1. The van der Waals surface area contributed by atoms with Crippen LogP contribution in [0.5, 0.6) is 0 Å². The largest absolute Gasteiger partial charge is 0.457 e. The summed E-state index contributed by atoms with van der Waals surface area (Å²) in [4.78, 5) is 30.8. The number of cyclic esters (lactones) is 1. The number of benzene rings is 1. The van der Waals surface area contributed by atoms with Gasteiger partial charge in [-0.2, -0.15) is 4.37 Å². The molecule has 2 aliphatic heterocycles. The highest BCUT2D eigenvalue weighted by molar-refractivity contribution is 7.05. The van der Waals surface area contributed by atoms with Crippen LogP contribution < -0.4 is 0 Å². The van der Waals surface area contributed by atoms with Crippen LogP contribution in [0.4, 0.5) is 0 Å². The SMILES string of the molecule is Cc1nsc(CC(=O)C2C3CN(C[C@H](O)c4ccc5c(c4C)COC5=O)CC32)n1. The quantitative estimate of drug-likeness (QED) is 0.723. The van der Waals surface area contributed by atoms with Gasteiger partial charge >= 0.3 is 5.97 Å². The molecule has 1 N–H and O–H groups in total. The number of β-amino-alcohol motifs (C(OH)–C–C–N with tert-alkyl or cyclic N) is 1. The van der Waals surface area contributed by atoms with Gasteiger partial charge in [0.25, 0.3) is 0 Å². The number of aryl methyl sites for hydroxylation is 1. The van der Waals surface area contributed by atoms with Crippen LogP contribution in [0.3, 0.4) is 0 Å². The van der Waals surface area contributed by atoms with Gasteiger partial charge in [0.15, 0.2) is 0 Å². The number of piperidine rings is 1. The number of hydrogen-bond acceptors (Lipinski definition) is 8. The second-order valence-corrected chi connectivity index (χ2v) is 9.18. The number of ether oxygens (including phenoxy) is 1. The molecule has 29 heavy (non-hydrogen) atoms. The molecule has 3 heterocycles. The van der Waals surface area contributed by atoms with Crippen LogP contribution in [0.1, 0.15) is 44.0 Å². The molecule has 3 atom stereocenters. The molecule has 5 rings (SSSR count). The summed E-state index contributed by atoms with van der Waals surface area (Å²) in [6.07, 6.45) is -0.229. The molecule has 0 bridgehead atoms. The first kappa shape index (κ1) is 18.8. The average molecular weight is 413 g/mol. The molecule has 1 aromatic heterocycles. The number of likely N-dealkylation sites (tertiary alicyclic amines) is 1. The standard InChI is InChI=1S/C21H23N3O4S/c1-10-12(3-4-13-16(10)9-28-21(13)27)18(26)8-24-6-14-15(7-24)20(14)17(25)5-19-22-11(2)23-29-19/h3-4,14-15,18,20,26H,5-9H2,1-2H3/t14?,15?,18-,20?/m0/s1. The number of aromatic nitrogens is 2. The Morgan fingerprint density at radius 1 is 1.34 bits per heavy atom. The zero-order valence-corrected chi connectivity index (χ0v) is 17.2. The fourth-order valence-corrected chi connectivity index (χ4v) is 5.65.